The van der Waals surface area contributed by atoms with Crippen molar-refractivity contribution in [2.24, 2.45) is 11.3 Å². The number of benzene rings is 1. The van der Waals surface area contributed by atoms with E-state index in [2.05, 4.69) is 16.1 Å². The Hall–Kier alpha value is -3.83. The Morgan fingerprint density at radius 2 is 1.85 bits per heavy atom. The van der Waals surface area contributed by atoms with Crippen molar-refractivity contribution < 1.29 is 29.0 Å². The number of aliphatic hydroxyl groups excluding tert-OH is 1. The molecular weight excluding hydrogens is 526 g/mol. The molecule has 3 amide bonds. The molecule has 5 bridgehead atoms. The smallest absolute Gasteiger partial charge is 0.325 e. The Labute approximate surface area is 239 Å². The van der Waals surface area contributed by atoms with Gasteiger partial charge in [0, 0.05) is 11.9 Å². The van der Waals surface area contributed by atoms with Crippen LogP contribution in [-0.4, -0.2) is 70.1 Å². The first-order chi connectivity index (χ1) is 19.4. The number of ether oxygens (including phenoxy) is 1. The van der Waals surface area contributed by atoms with E-state index in [-0.39, 0.29) is 18.4 Å². The van der Waals surface area contributed by atoms with E-state index < -0.39 is 54.0 Å². The Balaban J connectivity index is 1.72. The molecule has 11 nitrogen and oxygen atoms in total. The van der Waals surface area contributed by atoms with Gasteiger partial charge in [-0.15, -0.1) is 0 Å². The third-order valence-corrected chi connectivity index (χ3v) is 7.49. The number of fused-ring (bicyclic) bond motifs is 4. The molecule has 41 heavy (non-hydrogen) atoms. The highest BCUT2D eigenvalue weighted by Crippen LogP contribution is 2.24. The van der Waals surface area contributed by atoms with E-state index in [1.807, 2.05) is 36.4 Å². The lowest BCUT2D eigenvalue weighted by atomic mass is 9.89. The molecule has 1 aromatic heterocycles. The predicted octanol–water partition coefficient (Wildman–Crippen LogP) is 2.01. The van der Waals surface area contributed by atoms with Gasteiger partial charge >= 0.3 is 5.97 Å². The van der Waals surface area contributed by atoms with Crippen molar-refractivity contribution in [3.63, 3.8) is 0 Å². The normalized spacial score (nSPS) is 26.9. The number of carbonyl (C=O) groups is 4. The highest BCUT2D eigenvalue weighted by molar-refractivity contribution is 5.94. The molecule has 0 spiro atoms. The number of esters is 1. The van der Waals surface area contributed by atoms with E-state index in [4.69, 9.17) is 9.72 Å². The van der Waals surface area contributed by atoms with Crippen LogP contribution >= 0.6 is 0 Å². The van der Waals surface area contributed by atoms with Crippen molar-refractivity contribution in [3.8, 4) is 0 Å². The van der Waals surface area contributed by atoms with Gasteiger partial charge in [0.2, 0.25) is 11.8 Å². The van der Waals surface area contributed by atoms with Gasteiger partial charge in [0.1, 0.15) is 24.2 Å². The number of cyclic esters (lactones) is 1. The standard InChI is InChI=1S/C30H39N5O6/c1-17(2)25-26(37)32-24(16-36)27(38)35-14-6-7-22(34-35)28(39)41-18(3)21-11-10-20-9-8-19(15-23(20)31-21)12-13-30(4,5)29(40)33-25/h8-13,15,17-18,22,24-25,34,36H,6-7,14,16H2,1-5H3,(H,32,37)(H,33,40)/b13-12+/t18-,22+,24+,25+/m1/s1. The van der Waals surface area contributed by atoms with Gasteiger partial charge in [-0.05, 0) is 57.2 Å². The van der Waals surface area contributed by atoms with Crippen LogP contribution in [0.15, 0.2) is 36.4 Å². The Kier molecular flexibility index (Phi) is 9.08. The first kappa shape index (κ1) is 30.1. The van der Waals surface area contributed by atoms with Gasteiger partial charge in [0.05, 0.1) is 23.2 Å². The molecule has 220 valence electrons. The fourth-order valence-electron chi connectivity index (χ4n) is 4.79. The molecule has 4 rings (SSSR count). The summed E-state index contributed by atoms with van der Waals surface area (Å²) in [5.41, 5.74) is 4.03. The third-order valence-electron chi connectivity index (χ3n) is 7.49. The average molecular weight is 566 g/mol. The number of pyridine rings is 1. The lowest BCUT2D eigenvalue weighted by Gasteiger charge is -2.35. The number of amides is 3. The summed E-state index contributed by atoms with van der Waals surface area (Å²) in [6.45, 7) is 8.42. The summed E-state index contributed by atoms with van der Waals surface area (Å²) in [6, 6.07) is 6.45. The molecule has 1 aromatic carbocycles. The zero-order valence-electron chi connectivity index (χ0n) is 24.1. The third kappa shape index (κ3) is 6.91. The lowest BCUT2D eigenvalue weighted by Crippen LogP contribution is -2.62. The van der Waals surface area contributed by atoms with Crippen molar-refractivity contribution in [2.75, 3.05) is 13.2 Å². The first-order valence-electron chi connectivity index (χ1n) is 14.0. The number of nitrogens with one attached hydrogen (secondary N) is 3. The van der Waals surface area contributed by atoms with Gasteiger partial charge in [0.25, 0.3) is 5.91 Å². The summed E-state index contributed by atoms with van der Waals surface area (Å²) in [7, 11) is 0. The Morgan fingerprint density at radius 1 is 1.12 bits per heavy atom. The van der Waals surface area contributed by atoms with Crippen LogP contribution in [0.5, 0.6) is 0 Å². The molecule has 1 saturated heterocycles. The SMILES string of the molecule is CC(C)[C@@H]1NC(=O)C(C)(C)/C=C/c2ccc3ccc(nc3c2)[C@@H](C)OC(=O)[C@@H]2CCCN(N2)C(=O)[C@H](CO)NC1=O. The van der Waals surface area contributed by atoms with Gasteiger partial charge in [0.15, 0.2) is 0 Å². The molecular formula is C30H39N5O6. The van der Waals surface area contributed by atoms with Gasteiger partial charge in [-0.1, -0.05) is 44.2 Å². The van der Waals surface area contributed by atoms with Crippen LogP contribution < -0.4 is 16.1 Å². The Morgan fingerprint density at radius 3 is 2.56 bits per heavy atom. The highest BCUT2D eigenvalue weighted by Gasteiger charge is 2.36. The van der Waals surface area contributed by atoms with Crippen LogP contribution in [0.3, 0.4) is 0 Å². The molecule has 11 heteroatoms. The number of aliphatic hydroxyl groups is 1. The number of aromatic nitrogens is 1. The monoisotopic (exact) mass is 565 g/mol. The molecule has 4 N–H and O–H groups in total. The molecule has 0 radical (unpaired) electrons. The molecule has 0 unspecified atom stereocenters. The summed E-state index contributed by atoms with van der Waals surface area (Å²) in [6.07, 6.45) is 3.90. The second kappa shape index (κ2) is 12.4. The fraction of sp³-hybridized carbons (Fsp3) is 0.500. The van der Waals surface area contributed by atoms with E-state index >= 15 is 0 Å². The topological polar surface area (TPSA) is 150 Å². The zero-order valence-corrected chi connectivity index (χ0v) is 24.1. The molecule has 0 aliphatic carbocycles. The van der Waals surface area contributed by atoms with E-state index in [0.717, 1.165) is 10.9 Å². The summed E-state index contributed by atoms with van der Waals surface area (Å²) in [4.78, 5) is 57.6. The van der Waals surface area contributed by atoms with Crippen molar-refractivity contribution in [3.05, 3.63) is 47.7 Å². The van der Waals surface area contributed by atoms with Crippen molar-refractivity contribution in [2.45, 2.75) is 71.7 Å². The van der Waals surface area contributed by atoms with Gasteiger partial charge in [-0.2, -0.15) is 0 Å². The molecule has 0 saturated carbocycles. The maximum atomic E-state index is 13.3. The van der Waals surface area contributed by atoms with E-state index in [1.165, 1.54) is 5.01 Å². The van der Waals surface area contributed by atoms with Crippen molar-refractivity contribution in [1.82, 2.24) is 26.1 Å². The van der Waals surface area contributed by atoms with E-state index in [1.54, 1.807) is 40.7 Å². The number of hydrazine groups is 1. The summed E-state index contributed by atoms with van der Waals surface area (Å²) >= 11 is 0. The van der Waals surface area contributed by atoms with Gasteiger partial charge in [-0.3, -0.25) is 24.2 Å². The number of hydrogen-bond acceptors (Lipinski definition) is 8. The molecule has 3 heterocycles. The summed E-state index contributed by atoms with van der Waals surface area (Å²) < 4.78 is 5.72. The summed E-state index contributed by atoms with van der Waals surface area (Å²) in [5, 5.41) is 17.5. The quantitative estimate of drug-likeness (QED) is 0.404. The summed E-state index contributed by atoms with van der Waals surface area (Å²) in [5.74, 6) is -2.39. The lowest BCUT2D eigenvalue weighted by molar-refractivity contribution is -0.157. The highest BCUT2D eigenvalue weighted by atomic mass is 16.5. The largest absolute Gasteiger partial charge is 0.455 e. The minimum atomic E-state index is -1.27. The van der Waals surface area contributed by atoms with Crippen LogP contribution in [0, 0.1) is 11.3 Å². The van der Waals surface area contributed by atoms with E-state index in [9.17, 15) is 24.3 Å². The second-order valence-corrected chi connectivity index (χ2v) is 11.6. The van der Waals surface area contributed by atoms with E-state index in [0.29, 0.717) is 24.1 Å². The number of carbonyl (C=O) groups excluding carboxylic acids is 4. The maximum absolute atomic E-state index is 13.3. The molecule has 2 aliphatic rings. The minimum Gasteiger partial charge on any atom is -0.455 e. The average Bonchev–Trinajstić information content (AvgIpc) is 2.95. The van der Waals surface area contributed by atoms with Crippen LogP contribution in [0.1, 0.15) is 64.8 Å². The van der Waals surface area contributed by atoms with Crippen molar-refractivity contribution >= 4 is 40.7 Å². The molecule has 2 aliphatic heterocycles. The van der Waals surface area contributed by atoms with Crippen LogP contribution in [-0.2, 0) is 23.9 Å². The van der Waals surface area contributed by atoms with Gasteiger partial charge in [-0.25, -0.2) is 10.4 Å². The van der Waals surface area contributed by atoms with Crippen molar-refractivity contribution in [1.29, 1.82) is 0 Å². The van der Waals surface area contributed by atoms with Crippen LogP contribution in [0.25, 0.3) is 17.0 Å². The fourth-order valence-corrected chi connectivity index (χ4v) is 4.79. The molecule has 2 aromatic rings. The minimum absolute atomic E-state index is 0.282. The van der Waals surface area contributed by atoms with Crippen LogP contribution in [0.4, 0.5) is 0 Å². The maximum Gasteiger partial charge on any atom is 0.325 e. The first-order valence-corrected chi connectivity index (χ1v) is 14.0. The number of hydrogen-bond donors (Lipinski definition) is 4. The molecule has 1 fully saturated rings. The predicted molar refractivity (Wildman–Crippen MR) is 153 cm³/mol. The number of nitrogens with zero attached hydrogens (tertiary/aromatic N) is 2. The number of rotatable bonds is 2. The Bertz CT molecular complexity index is 1360. The second-order valence-electron chi connectivity index (χ2n) is 11.6. The van der Waals surface area contributed by atoms with Gasteiger partial charge < -0.3 is 20.5 Å². The zero-order chi connectivity index (χ0) is 29.9. The van der Waals surface area contributed by atoms with Crippen LogP contribution in [0.2, 0.25) is 0 Å². The molecule has 4 atom stereocenters.